The minimum atomic E-state index is -0.347. The molecular formula is C22H23N3O3. The number of amides is 1. The minimum absolute atomic E-state index is 0.118. The molecule has 0 saturated carbocycles. The zero-order valence-electron chi connectivity index (χ0n) is 15.9. The summed E-state index contributed by atoms with van der Waals surface area (Å²) in [5, 5.41) is 0. The molecule has 6 heteroatoms. The topological polar surface area (TPSA) is 68.5 Å². The van der Waals surface area contributed by atoms with Crippen LogP contribution in [0.4, 0.5) is 0 Å². The summed E-state index contributed by atoms with van der Waals surface area (Å²) in [6, 6.07) is 15.6. The SMILES string of the molecule is COC(c1ccccc1)c1nc2c(o1)CCN(C(=O)CCc1ccccn1)C2. The molecule has 0 saturated heterocycles. The first-order chi connectivity index (χ1) is 13.7. The van der Waals surface area contributed by atoms with Gasteiger partial charge >= 0.3 is 0 Å². The average Bonchev–Trinajstić information content (AvgIpc) is 3.17. The van der Waals surface area contributed by atoms with Gasteiger partial charge in [-0.25, -0.2) is 4.98 Å². The quantitative estimate of drug-likeness (QED) is 0.659. The van der Waals surface area contributed by atoms with Gasteiger partial charge in [0.05, 0.1) is 6.54 Å². The largest absolute Gasteiger partial charge is 0.442 e. The van der Waals surface area contributed by atoms with Crippen LogP contribution in [0.25, 0.3) is 0 Å². The molecule has 3 aromatic rings. The zero-order valence-corrected chi connectivity index (χ0v) is 15.9. The third kappa shape index (κ3) is 3.97. The fourth-order valence-corrected chi connectivity index (χ4v) is 3.49. The summed E-state index contributed by atoms with van der Waals surface area (Å²) in [4.78, 5) is 23.4. The smallest absolute Gasteiger partial charge is 0.228 e. The van der Waals surface area contributed by atoms with Crippen LogP contribution in [-0.2, 0) is 28.9 Å². The lowest BCUT2D eigenvalue weighted by molar-refractivity contribution is -0.132. The molecule has 0 bridgehead atoms. The van der Waals surface area contributed by atoms with Crippen LogP contribution in [0.2, 0.25) is 0 Å². The molecule has 1 aliphatic rings. The van der Waals surface area contributed by atoms with E-state index in [1.165, 1.54) is 0 Å². The maximum atomic E-state index is 12.6. The summed E-state index contributed by atoms with van der Waals surface area (Å²) in [5.41, 5.74) is 2.75. The molecule has 0 fully saturated rings. The fourth-order valence-electron chi connectivity index (χ4n) is 3.49. The van der Waals surface area contributed by atoms with Gasteiger partial charge in [0.1, 0.15) is 11.5 Å². The predicted molar refractivity (Wildman–Crippen MR) is 103 cm³/mol. The Morgan fingerprint density at radius 3 is 2.79 bits per heavy atom. The molecule has 1 amide bonds. The second kappa shape index (κ2) is 8.35. The summed E-state index contributed by atoms with van der Waals surface area (Å²) in [5.74, 6) is 1.51. The van der Waals surface area contributed by atoms with Crippen LogP contribution in [0.5, 0.6) is 0 Å². The van der Waals surface area contributed by atoms with E-state index in [1.54, 1.807) is 13.3 Å². The number of benzene rings is 1. The van der Waals surface area contributed by atoms with Crippen molar-refractivity contribution in [3.05, 3.63) is 83.3 Å². The van der Waals surface area contributed by atoms with Crippen LogP contribution >= 0.6 is 0 Å². The number of aromatic nitrogens is 2. The Morgan fingerprint density at radius 2 is 2.04 bits per heavy atom. The lowest BCUT2D eigenvalue weighted by Gasteiger charge is -2.25. The molecule has 6 nitrogen and oxygen atoms in total. The molecule has 0 aliphatic carbocycles. The second-order valence-electron chi connectivity index (χ2n) is 6.83. The molecule has 1 aromatic carbocycles. The van der Waals surface area contributed by atoms with Crippen molar-refractivity contribution >= 4 is 5.91 Å². The van der Waals surface area contributed by atoms with Crippen molar-refractivity contribution in [2.24, 2.45) is 0 Å². The highest BCUT2D eigenvalue weighted by molar-refractivity contribution is 5.76. The molecule has 0 radical (unpaired) electrons. The number of oxazole rings is 1. The fraction of sp³-hybridized carbons (Fsp3) is 0.318. The van der Waals surface area contributed by atoms with E-state index in [0.717, 1.165) is 22.7 Å². The number of nitrogens with zero attached hydrogens (tertiary/aromatic N) is 3. The molecule has 1 unspecified atom stereocenters. The van der Waals surface area contributed by atoms with Crippen LogP contribution < -0.4 is 0 Å². The van der Waals surface area contributed by atoms with Crippen molar-refractivity contribution < 1.29 is 13.9 Å². The maximum Gasteiger partial charge on any atom is 0.228 e. The molecule has 1 aliphatic heterocycles. The first-order valence-electron chi connectivity index (χ1n) is 9.48. The maximum absolute atomic E-state index is 12.6. The van der Waals surface area contributed by atoms with E-state index in [2.05, 4.69) is 9.97 Å². The van der Waals surface area contributed by atoms with Crippen LogP contribution in [0, 0.1) is 0 Å². The molecule has 1 atom stereocenters. The number of ether oxygens (including phenoxy) is 1. The van der Waals surface area contributed by atoms with Gasteiger partial charge in [0.2, 0.25) is 11.8 Å². The van der Waals surface area contributed by atoms with E-state index >= 15 is 0 Å². The van der Waals surface area contributed by atoms with E-state index in [1.807, 2.05) is 53.4 Å². The Labute approximate surface area is 164 Å². The third-order valence-electron chi connectivity index (χ3n) is 4.98. The van der Waals surface area contributed by atoms with Crippen LogP contribution in [0.1, 0.15) is 41.1 Å². The second-order valence-corrected chi connectivity index (χ2v) is 6.83. The molecule has 3 heterocycles. The van der Waals surface area contributed by atoms with Crippen LogP contribution in [-0.4, -0.2) is 34.4 Å². The average molecular weight is 377 g/mol. The molecule has 28 heavy (non-hydrogen) atoms. The number of rotatable bonds is 6. The van der Waals surface area contributed by atoms with Gasteiger partial charge in [0.15, 0.2) is 6.10 Å². The van der Waals surface area contributed by atoms with Crippen molar-refractivity contribution in [1.82, 2.24) is 14.9 Å². The summed E-state index contributed by atoms with van der Waals surface area (Å²) in [6.45, 7) is 1.12. The van der Waals surface area contributed by atoms with E-state index in [-0.39, 0.29) is 12.0 Å². The lowest BCUT2D eigenvalue weighted by atomic mass is 10.1. The molecule has 0 N–H and O–H groups in total. The zero-order chi connectivity index (χ0) is 19.3. The van der Waals surface area contributed by atoms with Crippen LogP contribution in [0.3, 0.4) is 0 Å². The summed E-state index contributed by atoms with van der Waals surface area (Å²) in [7, 11) is 1.65. The summed E-state index contributed by atoms with van der Waals surface area (Å²) < 4.78 is 11.6. The van der Waals surface area contributed by atoms with Gasteiger partial charge in [0, 0.05) is 38.4 Å². The summed E-state index contributed by atoms with van der Waals surface area (Å²) >= 11 is 0. The van der Waals surface area contributed by atoms with Gasteiger partial charge in [-0.1, -0.05) is 36.4 Å². The molecule has 2 aromatic heterocycles. The number of hydrogen-bond donors (Lipinski definition) is 0. The van der Waals surface area contributed by atoms with Gasteiger partial charge in [0.25, 0.3) is 0 Å². The number of hydrogen-bond acceptors (Lipinski definition) is 5. The standard InChI is InChI=1S/C22H23N3O3/c1-27-21(16-7-3-2-4-8-16)22-24-18-15-25(14-12-19(18)28-22)20(26)11-10-17-9-5-6-13-23-17/h2-9,13,21H,10-12,14-15H2,1H3. The third-order valence-corrected chi connectivity index (χ3v) is 4.98. The highest BCUT2D eigenvalue weighted by Crippen LogP contribution is 2.29. The highest BCUT2D eigenvalue weighted by atomic mass is 16.5. The lowest BCUT2D eigenvalue weighted by Crippen LogP contribution is -2.36. The van der Waals surface area contributed by atoms with Gasteiger partial charge in [-0.15, -0.1) is 0 Å². The van der Waals surface area contributed by atoms with Crippen molar-refractivity contribution in [2.75, 3.05) is 13.7 Å². The van der Waals surface area contributed by atoms with Gasteiger partial charge < -0.3 is 14.1 Å². The Morgan fingerprint density at radius 1 is 1.21 bits per heavy atom. The number of fused-ring (bicyclic) bond motifs is 1. The van der Waals surface area contributed by atoms with E-state index in [0.29, 0.717) is 38.2 Å². The minimum Gasteiger partial charge on any atom is -0.442 e. The number of aryl methyl sites for hydroxylation is 1. The monoisotopic (exact) mass is 377 g/mol. The number of carbonyl (C=O) groups is 1. The molecule has 0 spiro atoms. The van der Waals surface area contributed by atoms with Crippen LogP contribution in [0.15, 0.2) is 59.1 Å². The van der Waals surface area contributed by atoms with E-state index in [9.17, 15) is 4.79 Å². The first-order valence-corrected chi connectivity index (χ1v) is 9.48. The van der Waals surface area contributed by atoms with Crippen molar-refractivity contribution in [1.29, 1.82) is 0 Å². The van der Waals surface area contributed by atoms with Gasteiger partial charge in [-0.2, -0.15) is 0 Å². The van der Waals surface area contributed by atoms with Gasteiger partial charge in [-0.05, 0) is 24.1 Å². The molecule has 144 valence electrons. The number of methoxy groups -OCH3 is 1. The van der Waals surface area contributed by atoms with Gasteiger partial charge in [-0.3, -0.25) is 9.78 Å². The normalized spacial score (nSPS) is 14.5. The van der Waals surface area contributed by atoms with E-state index in [4.69, 9.17) is 9.15 Å². The highest BCUT2D eigenvalue weighted by Gasteiger charge is 2.28. The Kier molecular flexibility index (Phi) is 5.48. The first kappa shape index (κ1) is 18.4. The Balaban J connectivity index is 1.43. The number of pyridine rings is 1. The molecular weight excluding hydrogens is 354 g/mol. The Bertz CT molecular complexity index is 925. The molecule has 4 rings (SSSR count). The Hall–Kier alpha value is -2.99. The van der Waals surface area contributed by atoms with Crippen molar-refractivity contribution in [3.8, 4) is 0 Å². The van der Waals surface area contributed by atoms with E-state index < -0.39 is 0 Å². The number of carbonyl (C=O) groups excluding carboxylic acids is 1. The van der Waals surface area contributed by atoms with Crippen molar-refractivity contribution in [3.63, 3.8) is 0 Å². The summed E-state index contributed by atoms with van der Waals surface area (Å²) in [6.07, 6.45) is 3.17. The predicted octanol–water partition coefficient (Wildman–Crippen LogP) is 3.32. The van der Waals surface area contributed by atoms with Crippen molar-refractivity contribution in [2.45, 2.75) is 31.9 Å².